The summed E-state index contributed by atoms with van der Waals surface area (Å²) >= 11 is 0. The molecule has 2 aromatic heterocycles. The Morgan fingerprint density at radius 3 is 2.41 bits per heavy atom. The van der Waals surface area contributed by atoms with E-state index >= 15 is 0 Å². The van der Waals surface area contributed by atoms with Crippen molar-refractivity contribution in [1.29, 1.82) is 0 Å². The smallest absolute Gasteiger partial charge is 0.232 e. The maximum absolute atomic E-state index is 11.8. The minimum atomic E-state index is -3.28. The van der Waals surface area contributed by atoms with Gasteiger partial charge in [0, 0.05) is 56.5 Å². The van der Waals surface area contributed by atoms with Gasteiger partial charge in [-0.05, 0) is 36.8 Å². The van der Waals surface area contributed by atoms with Crippen LogP contribution in [0.25, 0.3) is 6.08 Å². The molecular formula is C23H31N7O3S. The molecule has 0 atom stereocenters. The molecule has 0 unspecified atom stereocenters. The van der Waals surface area contributed by atoms with Crippen molar-refractivity contribution in [3.05, 3.63) is 41.6 Å². The van der Waals surface area contributed by atoms with Crippen molar-refractivity contribution in [2.45, 2.75) is 38.8 Å². The summed E-state index contributed by atoms with van der Waals surface area (Å²) in [5.41, 5.74) is 2.76. The zero-order chi connectivity index (χ0) is 23.7. The number of hydrogen-bond acceptors (Lipinski definition) is 9. The van der Waals surface area contributed by atoms with Crippen LogP contribution in [0, 0.1) is 5.92 Å². The summed E-state index contributed by atoms with van der Waals surface area (Å²) in [5, 5.41) is 0. The highest BCUT2D eigenvalue weighted by Gasteiger charge is 2.31. The maximum Gasteiger partial charge on any atom is 0.232 e. The van der Waals surface area contributed by atoms with Gasteiger partial charge >= 0.3 is 0 Å². The van der Waals surface area contributed by atoms with Gasteiger partial charge in [-0.3, -0.25) is 4.31 Å². The van der Waals surface area contributed by atoms with Crippen molar-refractivity contribution < 1.29 is 13.2 Å². The van der Waals surface area contributed by atoms with Gasteiger partial charge in [-0.1, -0.05) is 6.92 Å². The molecule has 182 valence electrons. The van der Waals surface area contributed by atoms with Gasteiger partial charge < -0.3 is 14.5 Å². The number of aromatic nitrogens is 4. The van der Waals surface area contributed by atoms with Crippen molar-refractivity contribution in [2.24, 2.45) is 5.92 Å². The van der Waals surface area contributed by atoms with Crippen LogP contribution < -0.4 is 9.80 Å². The molecule has 0 N–H and O–H groups in total. The summed E-state index contributed by atoms with van der Waals surface area (Å²) < 4.78 is 31.0. The van der Waals surface area contributed by atoms with Crippen LogP contribution in [0.15, 0.2) is 24.8 Å². The predicted molar refractivity (Wildman–Crippen MR) is 130 cm³/mol. The second kappa shape index (κ2) is 9.46. The van der Waals surface area contributed by atoms with Gasteiger partial charge in [0.15, 0.2) is 0 Å². The molecule has 10 nitrogen and oxygen atoms in total. The Morgan fingerprint density at radius 2 is 1.74 bits per heavy atom. The lowest BCUT2D eigenvalue weighted by Crippen LogP contribution is -2.53. The molecular weight excluding hydrogens is 454 g/mol. The second-order valence-electron chi connectivity index (χ2n) is 9.24. The molecule has 3 aliphatic rings. The Bertz CT molecular complexity index is 1140. The lowest BCUT2D eigenvalue weighted by Gasteiger charge is -2.40. The molecule has 0 radical (unpaired) electrons. The van der Waals surface area contributed by atoms with E-state index in [2.05, 4.69) is 36.7 Å². The number of fused-ring (bicyclic) bond motifs is 1. The average Bonchev–Trinajstić information content (AvgIpc) is 2.82. The van der Waals surface area contributed by atoms with Crippen LogP contribution in [0.2, 0.25) is 0 Å². The van der Waals surface area contributed by atoms with Crippen molar-refractivity contribution >= 4 is 28.0 Å². The molecule has 2 saturated heterocycles. The average molecular weight is 486 g/mol. The Hall–Kier alpha value is -2.79. The molecule has 0 saturated carbocycles. The van der Waals surface area contributed by atoms with E-state index in [1.54, 1.807) is 18.5 Å². The summed E-state index contributed by atoms with van der Waals surface area (Å²) in [5.74, 6) is 2.03. The van der Waals surface area contributed by atoms with E-state index < -0.39 is 10.0 Å². The van der Waals surface area contributed by atoms with Crippen LogP contribution in [0.3, 0.4) is 0 Å². The standard InChI is InChI=1S/C23H31N7O3S/c1-3-17-10-24-22(25-11-17)29-14-20(15-29)33-16-18-4-7-28(8-5-18)23-26-12-19-13-30(34(2,31)32)9-6-21(19)27-23/h6,9-12,18,20H,3-5,7-8,13-16H2,1-2H3. The number of nitrogens with zero attached hydrogens (tertiary/aromatic N) is 7. The SMILES string of the molecule is CCc1cnc(N2CC(OCC3CCN(c4ncc5c(n4)C=CN(S(C)(=O)=O)C5)CC3)C2)nc1. The Morgan fingerprint density at radius 1 is 1.03 bits per heavy atom. The molecule has 0 amide bonds. The first kappa shape index (κ1) is 23.0. The van der Waals surface area contributed by atoms with Crippen LogP contribution in [-0.2, 0) is 27.7 Å². The van der Waals surface area contributed by atoms with E-state index in [0.29, 0.717) is 11.9 Å². The van der Waals surface area contributed by atoms with Crippen LogP contribution in [0.4, 0.5) is 11.9 Å². The first-order valence-electron chi connectivity index (χ1n) is 11.8. The fraction of sp³-hybridized carbons (Fsp3) is 0.565. The minimum Gasteiger partial charge on any atom is -0.374 e. The number of ether oxygens (including phenoxy) is 1. The third-order valence-electron chi connectivity index (χ3n) is 6.73. The largest absolute Gasteiger partial charge is 0.374 e. The van der Waals surface area contributed by atoms with E-state index in [-0.39, 0.29) is 12.6 Å². The maximum atomic E-state index is 11.8. The van der Waals surface area contributed by atoms with Crippen molar-refractivity contribution in [3.63, 3.8) is 0 Å². The van der Waals surface area contributed by atoms with Crippen LogP contribution in [0.1, 0.15) is 36.6 Å². The van der Waals surface area contributed by atoms with Gasteiger partial charge in [-0.15, -0.1) is 0 Å². The second-order valence-corrected chi connectivity index (χ2v) is 11.2. The van der Waals surface area contributed by atoms with Gasteiger partial charge in [-0.25, -0.2) is 28.4 Å². The molecule has 34 heavy (non-hydrogen) atoms. The van der Waals surface area contributed by atoms with Crippen LogP contribution in [-0.4, -0.2) is 77.8 Å². The topological polar surface area (TPSA) is 105 Å². The van der Waals surface area contributed by atoms with Crippen LogP contribution >= 0.6 is 0 Å². The van der Waals surface area contributed by atoms with Gasteiger partial charge in [-0.2, -0.15) is 0 Å². The molecule has 3 aliphatic heterocycles. The highest BCUT2D eigenvalue weighted by molar-refractivity contribution is 7.88. The zero-order valence-electron chi connectivity index (χ0n) is 19.7. The molecule has 2 fully saturated rings. The zero-order valence-corrected chi connectivity index (χ0v) is 20.5. The van der Waals surface area contributed by atoms with Gasteiger partial charge in [0.2, 0.25) is 21.9 Å². The molecule has 5 heterocycles. The summed E-state index contributed by atoms with van der Waals surface area (Å²) in [7, 11) is -3.28. The van der Waals surface area contributed by atoms with Crippen molar-refractivity contribution in [2.75, 3.05) is 48.8 Å². The molecule has 0 spiro atoms. The summed E-state index contributed by atoms with van der Waals surface area (Å²) in [6, 6.07) is 0. The van der Waals surface area contributed by atoms with Gasteiger partial charge in [0.25, 0.3) is 0 Å². The fourth-order valence-electron chi connectivity index (χ4n) is 4.40. The highest BCUT2D eigenvalue weighted by Crippen LogP contribution is 2.26. The van der Waals surface area contributed by atoms with Gasteiger partial charge in [0.05, 0.1) is 31.2 Å². The highest BCUT2D eigenvalue weighted by atomic mass is 32.2. The van der Waals surface area contributed by atoms with Crippen LogP contribution in [0.5, 0.6) is 0 Å². The fourth-order valence-corrected chi connectivity index (χ4v) is 5.06. The lowest BCUT2D eigenvalue weighted by atomic mass is 9.98. The van der Waals surface area contributed by atoms with E-state index in [4.69, 9.17) is 4.74 Å². The molecule has 5 rings (SSSR count). The third-order valence-corrected chi connectivity index (χ3v) is 7.83. The monoisotopic (exact) mass is 485 g/mol. The molecule has 11 heteroatoms. The Kier molecular flexibility index (Phi) is 6.39. The molecule has 0 aliphatic carbocycles. The molecule has 0 aromatic carbocycles. The van der Waals surface area contributed by atoms with E-state index in [9.17, 15) is 8.42 Å². The lowest BCUT2D eigenvalue weighted by molar-refractivity contribution is 0.00768. The summed E-state index contributed by atoms with van der Waals surface area (Å²) in [4.78, 5) is 22.4. The van der Waals surface area contributed by atoms with E-state index in [1.807, 2.05) is 12.4 Å². The molecule has 0 bridgehead atoms. The quantitative estimate of drug-likeness (QED) is 0.579. The van der Waals surface area contributed by atoms with Crippen molar-refractivity contribution in [3.8, 4) is 0 Å². The number of anilines is 2. The number of piperidine rings is 1. The number of rotatable bonds is 7. The number of aryl methyl sites for hydroxylation is 1. The Labute approximate surface area is 200 Å². The normalized spacial score (nSPS) is 19.3. The van der Waals surface area contributed by atoms with E-state index in [0.717, 1.165) is 74.8 Å². The van der Waals surface area contributed by atoms with E-state index in [1.165, 1.54) is 10.6 Å². The first-order chi connectivity index (χ1) is 16.4. The summed E-state index contributed by atoms with van der Waals surface area (Å²) in [6.45, 7) is 6.62. The predicted octanol–water partition coefficient (Wildman–Crippen LogP) is 1.70. The van der Waals surface area contributed by atoms with Gasteiger partial charge in [0.1, 0.15) is 0 Å². The van der Waals surface area contributed by atoms with Crippen molar-refractivity contribution in [1.82, 2.24) is 24.2 Å². The molecule has 2 aromatic rings. The number of sulfonamides is 1. The first-order valence-corrected chi connectivity index (χ1v) is 13.7. The third kappa shape index (κ3) is 5.00. The minimum absolute atomic E-state index is 0.245. The Balaban J connectivity index is 1.06. The summed E-state index contributed by atoms with van der Waals surface area (Å²) in [6.07, 6.45) is 13.3. The number of hydrogen-bond donors (Lipinski definition) is 0.